The molecule has 0 bridgehead atoms. The van der Waals surface area contributed by atoms with E-state index in [4.69, 9.17) is 16.6 Å². The minimum absolute atomic E-state index is 0.0286. The Labute approximate surface area is 200 Å². The van der Waals surface area contributed by atoms with Crippen LogP contribution in [0.1, 0.15) is 31.3 Å². The number of para-hydroxylation sites is 1. The number of rotatable bonds is 8. The largest absolute Gasteiger partial charge is 0.336 e. The Hall–Kier alpha value is -2.42. The molecule has 1 atom stereocenters. The van der Waals surface area contributed by atoms with Crippen LogP contribution in [-0.4, -0.2) is 43.4 Å². The highest BCUT2D eigenvalue weighted by molar-refractivity contribution is 7.99. The predicted molar refractivity (Wildman–Crippen MR) is 132 cm³/mol. The summed E-state index contributed by atoms with van der Waals surface area (Å²) in [6.45, 7) is 4.90. The standard InChI is InChI=1S/C23H24ClN5OS2/c1-4-13-29-21(16-9-11-17(24)12-10-16)26-27-23(29)31-14-20(30)28(3)15(2)22-25-18-7-5-6-8-19(18)32-22/h5-12,15H,4,13-14H2,1-3H3. The molecule has 2 heterocycles. The van der Waals surface area contributed by atoms with Gasteiger partial charge in [-0.25, -0.2) is 4.98 Å². The smallest absolute Gasteiger partial charge is 0.233 e. The number of nitrogens with zero attached hydrogens (tertiary/aromatic N) is 5. The molecule has 0 saturated heterocycles. The summed E-state index contributed by atoms with van der Waals surface area (Å²) in [7, 11) is 1.83. The van der Waals surface area contributed by atoms with Crippen molar-refractivity contribution in [3.63, 3.8) is 0 Å². The highest BCUT2D eigenvalue weighted by Crippen LogP contribution is 2.30. The Bertz CT molecular complexity index is 1190. The number of thioether (sulfide) groups is 1. The first kappa shape index (κ1) is 22.8. The molecule has 4 aromatic rings. The molecule has 0 aliphatic rings. The highest BCUT2D eigenvalue weighted by Gasteiger charge is 2.22. The quantitative estimate of drug-likeness (QED) is 0.289. The van der Waals surface area contributed by atoms with E-state index < -0.39 is 0 Å². The zero-order valence-electron chi connectivity index (χ0n) is 18.2. The van der Waals surface area contributed by atoms with Crippen molar-refractivity contribution in [1.82, 2.24) is 24.6 Å². The highest BCUT2D eigenvalue weighted by atomic mass is 35.5. The lowest BCUT2D eigenvalue weighted by molar-refractivity contribution is -0.128. The summed E-state index contributed by atoms with van der Waals surface area (Å²) in [5.41, 5.74) is 1.92. The fourth-order valence-corrected chi connectivity index (χ4v) is 5.39. The molecule has 0 radical (unpaired) electrons. The van der Waals surface area contributed by atoms with Crippen LogP contribution in [0.3, 0.4) is 0 Å². The van der Waals surface area contributed by atoms with Gasteiger partial charge in [-0.15, -0.1) is 21.5 Å². The van der Waals surface area contributed by atoms with Crippen LogP contribution < -0.4 is 0 Å². The molecule has 0 N–H and O–H groups in total. The Balaban J connectivity index is 1.46. The van der Waals surface area contributed by atoms with E-state index >= 15 is 0 Å². The number of hydrogen-bond donors (Lipinski definition) is 0. The first-order valence-corrected chi connectivity index (χ1v) is 12.6. The van der Waals surface area contributed by atoms with Crippen LogP contribution in [0.15, 0.2) is 53.7 Å². The van der Waals surface area contributed by atoms with E-state index in [0.717, 1.165) is 44.7 Å². The summed E-state index contributed by atoms with van der Waals surface area (Å²) in [5.74, 6) is 1.10. The molecule has 1 unspecified atom stereocenters. The third-order valence-corrected chi connectivity index (χ3v) is 7.64. The lowest BCUT2D eigenvalue weighted by atomic mass is 10.2. The average Bonchev–Trinajstić information content (AvgIpc) is 3.41. The molecule has 0 aliphatic heterocycles. The lowest BCUT2D eigenvalue weighted by Gasteiger charge is -2.23. The second-order valence-corrected chi connectivity index (χ2v) is 9.89. The zero-order chi connectivity index (χ0) is 22.7. The molecule has 9 heteroatoms. The lowest BCUT2D eigenvalue weighted by Crippen LogP contribution is -2.31. The van der Waals surface area contributed by atoms with Gasteiger partial charge in [0.1, 0.15) is 5.01 Å². The van der Waals surface area contributed by atoms with Crippen molar-refractivity contribution in [2.75, 3.05) is 12.8 Å². The topological polar surface area (TPSA) is 63.9 Å². The van der Waals surface area contributed by atoms with Gasteiger partial charge in [-0.1, -0.05) is 42.4 Å². The van der Waals surface area contributed by atoms with Crippen molar-refractivity contribution in [3.8, 4) is 11.4 Å². The van der Waals surface area contributed by atoms with E-state index in [1.807, 2.05) is 56.4 Å². The first-order valence-electron chi connectivity index (χ1n) is 10.4. The summed E-state index contributed by atoms with van der Waals surface area (Å²) in [4.78, 5) is 19.4. The molecule has 0 spiro atoms. The molecule has 0 fully saturated rings. The molecule has 166 valence electrons. The molecule has 4 rings (SSSR count). The van der Waals surface area contributed by atoms with Gasteiger partial charge in [0.2, 0.25) is 5.91 Å². The van der Waals surface area contributed by atoms with Crippen LogP contribution in [-0.2, 0) is 11.3 Å². The molecule has 1 amide bonds. The van der Waals surface area contributed by atoms with Gasteiger partial charge in [-0.2, -0.15) is 0 Å². The third-order valence-electron chi connectivity index (χ3n) is 5.23. The van der Waals surface area contributed by atoms with E-state index in [9.17, 15) is 4.79 Å². The Kier molecular flexibility index (Phi) is 7.13. The van der Waals surface area contributed by atoms with E-state index in [1.54, 1.807) is 16.2 Å². The van der Waals surface area contributed by atoms with Gasteiger partial charge in [-0.3, -0.25) is 4.79 Å². The van der Waals surface area contributed by atoms with E-state index in [-0.39, 0.29) is 17.7 Å². The van der Waals surface area contributed by atoms with E-state index in [1.165, 1.54) is 11.8 Å². The second-order valence-electron chi connectivity index (χ2n) is 7.45. The molecule has 2 aromatic heterocycles. The predicted octanol–water partition coefficient (Wildman–Crippen LogP) is 5.93. The summed E-state index contributed by atoms with van der Waals surface area (Å²) in [6.07, 6.45) is 0.939. The molecule has 32 heavy (non-hydrogen) atoms. The number of halogens is 1. The number of hydrogen-bond acceptors (Lipinski definition) is 6. The number of aromatic nitrogens is 4. The fourth-order valence-electron chi connectivity index (χ4n) is 3.31. The number of carbonyl (C=O) groups is 1. The minimum Gasteiger partial charge on any atom is -0.336 e. The molecule has 6 nitrogen and oxygen atoms in total. The van der Waals surface area contributed by atoms with E-state index in [0.29, 0.717) is 5.02 Å². The van der Waals surface area contributed by atoms with Gasteiger partial charge in [-0.05, 0) is 49.7 Å². The van der Waals surface area contributed by atoms with Crippen LogP contribution in [0.2, 0.25) is 5.02 Å². The molecular formula is C23H24ClN5OS2. The summed E-state index contributed by atoms with van der Waals surface area (Å²) < 4.78 is 3.20. The van der Waals surface area contributed by atoms with Crippen molar-refractivity contribution < 1.29 is 4.79 Å². The number of fused-ring (bicyclic) bond motifs is 1. The molecule has 0 saturated carbocycles. The van der Waals surface area contributed by atoms with Crippen LogP contribution in [0, 0.1) is 0 Å². The van der Waals surface area contributed by atoms with Crippen LogP contribution in [0.4, 0.5) is 0 Å². The van der Waals surface area contributed by atoms with Gasteiger partial charge in [0.25, 0.3) is 0 Å². The minimum atomic E-state index is -0.0985. The Morgan fingerprint density at radius 2 is 1.94 bits per heavy atom. The van der Waals surface area contributed by atoms with Crippen molar-refractivity contribution in [3.05, 3.63) is 58.6 Å². The van der Waals surface area contributed by atoms with Crippen molar-refractivity contribution in [2.45, 2.75) is 38.0 Å². The van der Waals surface area contributed by atoms with Crippen LogP contribution in [0.25, 0.3) is 21.6 Å². The van der Waals surface area contributed by atoms with Gasteiger partial charge in [0.05, 0.1) is 22.0 Å². The summed E-state index contributed by atoms with van der Waals surface area (Å²) >= 11 is 9.06. The number of thiazole rings is 1. The van der Waals surface area contributed by atoms with Crippen LogP contribution >= 0.6 is 34.7 Å². The van der Waals surface area contributed by atoms with Crippen LogP contribution in [0.5, 0.6) is 0 Å². The SMILES string of the molecule is CCCn1c(SCC(=O)N(C)C(C)c2nc3ccccc3s2)nnc1-c1ccc(Cl)cc1. The summed E-state index contributed by atoms with van der Waals surface area (Å²) in [6, 6.07) is 15.5. The molecule has 2 aromatic carbocycles. The fraction of sp³-hybridized carbons (Fsp3) is 0.304. The van der Waals surface area contributed by atoms with Gasteiger partial charge >= 0.3 is 0 Å². The maximum atomic E-state index is 12.9. The number of benzene rings is 2. The first-order chi connectivity index (χ1) is 15.5. The zero-order valence-corrected chi connectivity index (χ0v) is 20.5. The Morgan fingerprint density at radius 1 is 1.19 bits per heavy atom. The second kappa shape index (κ2) is 10.0. The number of carbonyl (C=O) groups excluding carboxylic acids is 1. The van der Waals surface area contributed by atoms with Gasteiger partial charge in [0.15, 0.2) is 11.0 Å². The maximum absolute atomic E-state index is 12.9. The van der Waals surface area contributed by atoms with Crippen molar-refractivity contribution in [1.29, 1.82) is 0 Å². The van der Waals surface area contributed by atoms with Gasteiger partial charge in [0, 0.05) is 24.2 Å². The van der Waals surface area contributed by atoms with E-state index in [2.05, 4.69) is 27.8 Å². The van der Waals surface area contributed by atoms with Gasteiger partial charge < -0.3 is 9.47 Å². The normalized spacial score (nSPS) is 12.2. The molecular weight excluding hydrogens is 462 g/mol. The monoisotopic (exact) mass is 485 g/mol. The van der Waals surface area contributed by atoms with Crippen molar-refractivity contribution >= 4 is 50.8 Å². The average molecular weight is 486 g/mol. The summed E-state index contributed by atoms with van der Waals surface area (Å²) in [5, 5.41) is 11.1. The maximum Gasteiger partial charge on any atom is 0.233 e. The Morgan fingerprint density at radius 3 is 2.66 bits per heavy atom. The van der Waals surface area contributed by atoms with Crippen molar-refractivity contribution in [2.24, 2.45) is 0 Å². The molecule has 0 aliphatic carbocycles. The number of amides is 1. The third kappa shape index (κ3) is 4.82.